The summed E-state index contributed by atoms with van der Waals surface area (Å²) >= 11 is 0. The molecule has 0 atom stereocenters. The number of hydrogen-bond acceptors (Lipinski definition) is 2. The van der Waals surface area contributed by atoms with Gasteiger partial charge in [0.1, 0.15) is 12.4 Å². The molecule has 104 valence electrons. The molecule has 5 heteroatoms. The van der Waals surface area contributed by atoms with Gasteiger partial charge in [0.15, 0.2) is 0 Å². The summed E-state index contributed by atoms with van der Waals surface area (Å²) in [6.45, 7) is 6.27. The van der Waals surface area contributed by atoms with Crippen LogP contribution >= 0.6 is 0 Å². The lowest BCUT2D eigenvalue weighted by atomic mass is 10.0. The van der Waals surface area contributed by atoms with Crippen LogP contribution in [-0.4, -0.2) is 34.5 Å². The van der Waals surface area contributed by atoms with Crippen molar-refractivity contribution in [2.45, 2.75) is 33.7 Å². The zero-order valence-electron chi connectivity index (χ0n) is 11.5. The van der Waals surface area contributed by atoms with Crippen molar-refractivity contribution in [1.29, 1.82) is 0 Å². The average molecular weight is 267 g/mol. The van der Waals surface area contributed by atoms with Crippen LogP contribution in [0.3, 0.4) is 0 Å². The van der Waals surface area contributed by atoms with E-state index in [-0.39, 0.29) is 18.4 Å². The SMILES string of the molecule is Cc1cc(C(=O)N(CC(=O)O)C(C)C)cc(C)c1F. The van der Waals surface area contributed by atoms with Gasteiger partial charge >= 0.3 is 5.97 Å². The molecule has 0 aliphatic rings. The lowest BCUT2D eigenvalue weighted by molar-refractivity contribution is -0.138. The molecule has 0 saturated heterocycles. The molecule has 0 aliphatic heterocycles. The van der Waals surface area contributed by atoms with Gasteiger partial charge in [0.25, 0.3) is 5.91 Å². The van der Waals surface area contributed by atoms with Gasteiger partial charge in [0.2, 0.25) is 0 Å². The first-order chi connectivity index (χ1) is 8.73. The summed E-state index contributed by atoms with van der Waals surface area (Å²) in [5.41, 5.74) is 1.07. The van der Waals surface area contributed by atoms with Crippen molar-refractivity contribution in [3.8, 4) is 0 Å². The van der Waals surface area contributed by atoms with Gasteiger partial charge in [-0.3, -0.25) is 9.59 Å². The Morgan fingerprint density at radius 1 is 1.26 bits per heavy atom. The van der Waals surface area contributed by atoms with E-state index in [1.54, 1.807) is 27.7 Å². The number of benzene rings is 1. The second-order valence-corrected chi connectivity index (χ2v) is 4.84. The third-order valence-corrected chi connectivity index (χ3v) is 2.87. The van der Waals surface area contributed by atoms with Gasteiger partial charge in [-0.2, -0.15) is 0 Å². The van der Waals surface area contributed by atoms with Crippen LogP contribution in [0.2, 0.25) is 0 Å². The molecule has 0 aromatic heterocycles. The maximum atomic E-state index is 13.5. The van der Waals surface area contributed by atoms with E-state index < -0.39 is 11.9 Å². The van der Waals surface area contributed by atoms with Crippen molar-refractivity contribution in [2.75, 3.05) is 6.54 Å². The van der Waals surface area contributed by atoms with Crippen LogP contribution in [0.4, 0.5) is 4.39 Å². The van der Waals surface area contributed by atoms with Crippen molar-refractivity contribution in [3.63, 3.8) is 0 Å². The van der Waals surface area contributed by atoms with Crippen molar-refractivity contribution in [3.05, 3.63) is 34.6 Å². The molecule has 0 radical (unpaired) electrons. The molecule has 1 N–H and O–H groups in total. The summed E-state index contributed by atoms with van der Waals surface area (Å²) in [4.78, 5) is 24.3. The number of carboxylic acids is 1. The third-order valence-electron chi connectivity index (χ3n) is 2.87. The topological polar surface area (TPSA) is 57.6 Å². The quantitative estimate of drug-likeness (QED) is 0.911. The third kappa shape index (κ3) is 3.53. The summed E-state index contributed by atoms with van der Waals surface area (Å²) in [5.74, 6) is -1.81. The van der Waals surface area contributed by atoms with Gasteiger partial charge in [0, 0.05) is 11.6 Å². The van der Waals surface area contributed by atoms with Crippen LogP contribution in [0, 0.1) is 19.7 Å². The Kier molecular flexibility index (Phi) is 4.64. The van der Waals surface area contributed by atoms with Crippen LogP contribution in [-0.2, 0) is 4.79 Å². The summed E-state index contributed by atoms with van der Waals surface area (Å²) in [5, 5.41) is 8.83. The Bertz CT molecular complexity index is 488. The minimum Gasteiger partial charge on any atom is -0.480 e. The monoisotopic (exact) mass is 267 g/mol. The van der Waals surface area contributed by atoms with Crippen LogP contribution in [0.15, 0.2) is 12.1 Å². The molecule has 0 fully saturated rings. The number of carbonyl (C=O) groups excluding carboxylic acids is 1. The highest BCUT2D eigenvalue weighted by atomic mass is 19.1. The van der Waals surface area contributed by atoms with E-state index in [9.17, 15) is 14.0 Å². The number of carbonyl (C=O) groups is 2. The Morgan fingerprint density at radius 3 is 2.11 bits per heavy atom. The fraction of sp³-hybridized carbons (Fsp3) is 0.429. The van der Waals surface area contributed by atoms with Gasteiger partial charge < -0.3 is 10.0 Å². The Labute approximate surface area is 111 Å². The molecule has 0 aliphatic carbocycles. The predicted octanol–water partition coefficient (Wildman–Crippen LogP) is 2.38. The van der Waals surface area contributed by atoms with Crippen molar-refractivity contribution in [2.24, 2.45) is 0 Å². The standard InChI is InChI=1S/C14H18FNO3/c1-8(2)16(7-12(17)18)14(19)11-5-9(3)13(15)10(4)6-11/h5-6,8H,7H2,1-4H3,(H,17,18). The smallest absolute Gasteiger partial charge is 0.323 e. The number of hydrogen-bond donors (Lipinski definition) is 1. The second kappa shape index (κ2) is 5.82. The predicted molar refractivity (Wildman–Crippen MR) is 69.7 cm³/mol. The number of nitrogens with zero attached hydrogens (tertiary/aromatic N) is 1. The summed E-state index contributed by atoms with van der Waals surface area (Å²) in [6, 6.07) is 2.65. The molecule has 4 nitrogen and oxygen atoms in total. The van der Waals surface area contributed by atoms with Crippen molar-refractivity contribution in [1.82, 2.24) is 4.90 Å². The molecule has 19 heavy (non-hydrogen) atoms. The average Bonchev–Trinajstić information content (AvgIpc) is 2.31. The molecule has 0 saturated carbocycles. The molecular formula is C14H18FNO3. The number of halogens is 1. The van der Waals surface area contributed by atoms with Crippen LogP contribution in [0.25, 0.3) is 0 Å². The second-order valence-electron chi connectivity index (χ2n) is 4.84. The van der Waals surface area contributed by atoms with Crippen LogP contribution in [0.1, 0.15) is 35.3 Å². The molecule has 0 spiro atoms. The van der Waals surface area contributed by atoms with E-state index in [0.29, 0.717) is 16.7 Å². The van der Waals surface area contributed by atoms with Crippen molar-refractivity contribution >= 4 is 11.9 Å². The number of rotatable bonds is 4. The van der Waals surface area contributed by atoms with E-state index in [2.05, 4.69) is 0 Å². The maximum absolute atomic E-state index is 13.5. The molecule has 1 amide bonds. The lowest BCUT2D eigenvalue weighted by Crippen LogP contribution is -2.40. The molecule has 0 bridgehead atoms. The zero-order valence-corrected chi connectivity index (χ0v) is 11.5. The number of aryl methyl sites for hydroxylation is 2. The summed E-state index contributed by atoms with van der Waals surface area (Å²) < 4.78 is 13.5. The number of carboxylic acid groups (broad SMARTS) is 1. The summed E-state index contributed by atoms with van der Waals surface area (Å²) in [6.07, 6.45) is 0. The Hall–Kier alpha value is -1.91. The van der Waals surface area contributed by atoms with Gasteiger partial charge in [-0.25, -0.2) is 4.39 Å². The van der Waals surface area contributed by atoms with Crippen LogP contribution < -0.4 is 0 Å². The molecule has 1 rings (SSSR count). The van der Waals surface area contributed by atoms with Crippen LogP contribution in [0.5, 0.6) is 0 Å². The van der Waals surface area contributed by atoms with E-state index in [1.165, 1.54) is 17.0 Å². The van der Waals surface area contributed by atoms with Crippen molar-refractivity contribution < 1.29 is 19.1 Å². The minimum absolute atomic E-state index is 0.241. The maximum Gasteiger partial charge on any atom is 0.323 e. The molecule has 0 unspecified atom stereocenters. The molecule has 1 aromatic rings. The van der Waals surface area contributed by atoms with E-state index in [1.807, 2.05) is 0 Å². The van der Waals surface area contributed by atoms with E-state index in [4.69, 9.17) is 5.11 Å². The number of amides is 1. The molecule has 0 heterocycles. The Morgan fingerprint density at radius 2 is 1.74 bits per heavy atom. The van der Waals surface area contributed by atoms with Gasteiger partial charge in [0.05, 0.1) is 0 Å². The Balaban J connectivity index is 3.13. The first-order valence-electron chi connectivity index (χ1n) is 6.03. The fourth-order valence-electron chi connectivity index (χ4n) is 1.87. The normalized spacial score (nSPS) is 10.6. The van der Waals surface area contributed by atoms with Gasteiger partial charge in [-0.05, 0) is 51.0 Å². The molecular weight excluding hydrogens is 249 g/mol. The highest BCUT2D eigenvalue weighted by Crippen LogP contribution is 2.17. The van der Waals surface area contributed by atoms with Gasteiger partial charge in [-0.15, -0.1) is 0 Å². The first kappa shape index (κ1) is 15.1. The fourth-order valence-corrected chi connectivity index (χ4v) is 1.87. The highest BCUT2D eigenvalue weighted by molar-refractivity contribution is 5.96. The van der Waals surface area contributed by atoms with E-state index in [0.717, 1.165) is 0 Å². The number of aliphatic carboxylic acids is 1. The van der Waals surface area contributed by atoms with E-state index >= 15 is 0 Å². The first-order valence-corrected chi connectivity index (χ1v) is 6.03. The largest absolute Gasteiger partial charge is 0.480 e. The lowest BCUT2D eigenvalue weighted by Gasteiger charge is -2.25. The highest BCUT2D eigenvalue weighted by Gasteiger charge is 2.22. The van der Waals surface area contributed by atoms with Gasteiger partial charge in [-0.1, -0.05) is 0 Å². The zero-order chi connectivity index (χ0) is 14.7. The summed E-state index contributed by atoms with van der Waals surface area (Å²) in [7, 11) is 0. The molecule has 1 aromatic carbocycles. The minimum atomic E-state index is -1.07.